The predicted molar refractivity (Wildman–Crippen MR) is 153 cm³/mol. The molecule has 1 aromatic heterocycles. The Bertz CT molecular complexity index is 1340. The van der Waals surface area contributed by atoms with Gasteiger partial charge in [0.25, 0.3) is 0 Å². The third kappa shape index (κ3) is 5.84. The van der Waals surface area contributed by atoms with Crippen LogP contribution in [-0.4, -0.2) is 53.4 Å². The number of hydrogen-bond donors (Lipinski definition) is 1. The maximum Gasteiger partial charge on any atom is 0.354 e. The topological polar surface area (TPSA) is 79.5 Å². The first-order chi connectivity index (χ1) is 19.4. The number of alkyl halides is 1. The monoisotopic (exact) mass is 546 g/mol. The number of hydrogen-bond acceptors (Lipinski definition) is 4. The van der Waals surface area contributed by atoms with Crippen molar-refractivity contribution in [2.24, 2.45) is 17.8 Å². The molecule has 6 nitrogen and oxygen atoms in total. The Labute approximate surface area is 235 Å². The lowest BCUT2D eigenvalue weighted by Crippen LogP contribution is -2.46. The Morgan fingerprint density at radius 2 is 1.77 bits per heavy atom. The van der Waals surface area contributed by atoms with Crippen molar-refractivity contribution >= 4 is 28.6 Å². The van der Waals surface area contributed by atoms with Crippen LogP contribution in [0.15, 0.2) is 54.6 Å². The molecule has 2 fully saturated rings. The number of Topliss-reactive ketones (excluding diaryl/α,β-unsaturated/α-hetero) is 1. The third-order valence-corrected chi connectivity index (χ3v) is 8.97. The van der Waals surface area contributed by atoms with Crippen LogP contribution in [0.4, 0.5) is 4.39 Å². The van der Waals surface area contributed by atoms with E-state index in [9.17, 15) is 18.8 Å². The van der Waals surface area contributed by atoms with Crippen LogP contribution >= 0.6 is 0 Å². The van der Waals surface area contributed by atoms with Crippen molar-refractivity contribution in [1.29, 1.82) is 0 Å². The van der Waals surface area contributed by atoms with Gasteiger partial charge in [-0.25, -0.2) is 4.79 Å². The van der Waals surface area contributed by atoms with Gasteiger partial charge in [0.2, 0.25) is 5.91 Å². The van der Waals surface area contributed by atoms with Gasteiger partial charge >= 0.3 is 5.97 Å². The fourth-order valence-electron chi connectivity index (χ4n) is 6.70. The van der Waals surface area contributed by atoms with E-state index in [1.54, 1.807) is 13.0 Å². The van der Waals surface area contributed by atoms with Crippen LogP contribution < -0.4 is 0 Å². The van der Waals surface area contributed by atoms with Crippen LogP contribution in [0.5, 0.6) is 0 Å². The highest BCUT2D eigenvalue weighted by atomic mass is 19.1. The fraction of sp³-hybridized carbons (Fsp3) is 0.485. The minimum Gasteiger partial charge on any atom is -0.461 e. The van der Waals surface area contributed by atoms with Crippen molar-refractivity contribution in [2.45, 2.75) is 64.3 Å². The lowest BCUT2D eigenvalue weighted by atomic mass is 9.76. The van der Waals surface area contributed by atoms with Crippen LogP contribution in [-0.2, 0) is 20.7 Å². The minimum absolute atomic E-state index is 0.0277. The summed E-state index contributed by atoms with van der Waals surface area (Å²) in [4.78, 5) is 44.9. The molecule has 1 aliphatic carbocycles. The molecule has 0 radical (unpaired) electrons. The summed E-state index contributed by atoms with van der Waals surface area (Å²) < 4.78 is 18.3. The number of fused-ring (bicyclic) bond motifs is 1. The Morgan fingerprint density at radius 1 is 1.02 bits per heavy atom. The summed E-state index contributed by atoms with van der Waals surface area (Å²) >= 11 is 0. The summed E-state index contributed by atoms with van der Waals surface area (Å²) in [6, 6.07) is 17.0. The largest absolute Gasteiger partial charge is 0.461 e. The molecule has 0 spiro atoms. The van der Waals surface area contributed by atoms with Crippen LogP contribution in [0.25, 0.3) is 10.9 Å². The number of aromatic amines is 1. The molecule has 1 amide bonds. The molecule has 5 rings (SSSR count). The fourth-order valence-corrected chi connectivity index (χ4v) is 6.70. The Hall–Kier alpha value is -3.48. The van der Waals surface area contributed by atoms with Crippen LogP contribution in [0.2, 0.25) is 0 Å². The second-order valence-corrected chi connectivity index (χ2v) is 11.5. The number of benzene rings is 2. The first kappa shape index (κ1) is 28.1. The number of nitrogens with one attached hydrogen (secondary N) is 1. The molecule has 3 aromatic rings. The van der Waals surface area contributed by atoms with Crippen molar-refractivity contribution in [1.82, 2.24) is 9.88 Å². The quantitative estimate of drug-likeness (QED) is 0.322. The third-order valence-electron chi connectivity index (χ3n) is 8.97. The number of likely N-dealkylation sites (tertiary alicyclic amines) is 1. The first-order valence-corrected chi connectivity index (χ1v) is 14.6. The van der Waals surface area contributed by atoms with Crippen molar-refractivity contribution in [2.75, 3.05) is 19.8 Å². The second kappa shape index (κ2) is 12.4. The number of esters is 1. The number of ketones is 1. The van der Waals surface area contributed by atoms with Crippen LogP contribution in [0.1, 0.15) is 73.5 Å². The van der Waals surface area contributed by atoms with Crippen molar-refractivity contribution in [3.05, 3.63) is 71.4 Å². The molecule has 40 heavy (non-hydrogen) atoms. The zero-order valence-corrected chi connectivity index (χ0v) is 23.4. The first-order valence-electron chi connectivity index (χ1n) is 14.6. The summed E-state index contributed by atoms with van der Waals surface area (Å²) in [5.74, 6) is -0.101. The molecule has 1 aliphatic heterocycles. The van der Waals surface area contributed by atoms with Crippen LogP contribution in [0.3, 0.4) is 0 Å². The summed E-state index contributed by atoms with van der Waals surface area (Å²) in [6.07, 6.45) is 4.19. The molecule has 2 aliphatic rings. The summed E-state index contributed by atoms with van der Waals surface area (Å²) in [6.45, 7) is 4.27. The molecule has 3 atom stereocenters. The van der Waals surface area contributed by atoms with Gasteiger partial charge in [0.15, 0.2) is 5.78 Å². The van der Waals surface area contributed by atoms with Gasteiger partial charge in [-0.05, 0) is 80.2 Å². The van der Waals surface area contributed by atoms with Gasteiger partial charge in [0.05, 0.1) is 19.3 Å². The standard InChI is InChI=1S/C33H39FN2O4/c1-3-40-33(39)29-19-26-17-22(9-14-28(26)35-29)18-30(37)31-27(24-7-5-4-6-8-24)15-16-36(31)32(38)25-12-10-23(11-13-25)21(2)20-34/h4-9,14,17,19,21,23,25,27,31,35H,3,10-13,15-16,18,20H2,1-2H3/t21-,23?,25?,27+,31+/m1/s1. The number of aromatic nitrogens is 1. The number of halogens is 1. The van der Waals surface area contributed by atoms with Gasteiger partial charge in [0.1, 0.15) is 5.69 Å². The van der Waals surface area contributed by atoms with Gasteiger partial charge in [-0.1, -0.05) is 43.3 Å². The number of H-pyrrole nitrogens is 1. The van der Waals surface area contributed by atoms with Gasteiger partial charge in [-0.15, -0.1) is 0 Å². The summed E-state index contributed by atoms with van der Waals surface area (Å²) in [5, 5.41) is 0.839. The van der Waals surface area contributed by atoms with E-state index in [1.165, 1.54) is 0 Å². The molecule has 0 bridgehead atoms. The van der Waals surface area contributed by atoms with E-state index < -0.39 is 12.0 Å². The average Bonchev–Trinajstić information content (AvgIpc) is 3.62. The van der Waals surface area contributed by atoms with Gasteiger partial charge in [-0.3, -0.25) is 14.0 Å². The Morgan fingerprint density at radius 3 is 2.48 bits per heavy atom. The van der Waals surface area contributed by atoms with E-state index in [0.717, 1.165) is 54.1 Å². The minimum atomic E-state index is -0.519. The van der Waals surface area contributed by atoms with Gasteiger partial charge in [-0.2, -0.15) is 0 Å². The number of amides is 1. The zero-order chi connectivity index (χ0) is 28.2. The predicted octanol–water partition coefficient (Wildman–Crippen LogP) is 6.25. The van der Waals surface area contributed by atoms with Crippen molar-refractivity contribution in [3.8, 4) is 0 Å². The number of nitrogens with zero attached hydrogens (tertiary/aromatic N) is 1. The molecular formula is C33H39FN2O4. The number of carbonyl (C=O) groups is 3. The second-order valence-electron chi connectivity index (χ2n) is 11.5. The summed E-state index contributed by atoms with van der Waals surface area (Å²) in [7, 11) is 0. The van der Waals surface area contributed by atoms with Crippen molar-refractivity contribution in [3.63, 3.8) is 0 Å². The number of carbonyl (C=O) groups excluding carboxylic acids is 3. The maximum atomic E-state index is 14.0. The molecule has 2 aromatic carbocycles. The molecule has 1 N–H and O–H groups in total. The van der Waals surface area contributed by atoms with E-state index in [-0.39, 0.29) is 42.5 Å². The summed E-state index contributed by atoms with van der Waals surface area (Å²) in [5.41, 5.74) is 3.11. The highest BCUT2D eigenvalue weighted by molar-refractivity contribution is 5.96. The van der Waals surface area contributed by atoms with E-state index in [1.807, 2.05) is 60.4 Å². The molecule has 1 saturated carbocycles. The highest BCUT2D eigenvalue weighted by Crippen LogP contribution is 2.39. The Kier molecular flexibility index (Phi) is 8.67. The smallest absolute Gasteiger partial charge is 0.354 e. The van der Waals surface area contributed by atoms with Gasteiger partial charge in [0, 0.05) is 35.7 Å². The molecule has 1 saturated heterocycles. The Balaban J connectivity index is 1.36. The van der Waals surface area contributed by atoms with E-state index in [0.29, 0.717) is 24.8 Å². The molecule has 212 valence electrons. The van der Waals surface area contributed by atoms with Crippen LogP contribution in [0, 0.1) is 17.8 Å². The molecule has 0 unspecified atom stereocenters. The van der Waals surface area contributed by atoms with Crippen molar-refractivity contribution < 1.29 is 23.5 Å². The lowest BCUT2D eigenvalue weighted by Gasteiger charge is -2.35. The molecule has 2 heterocycles. The van der Waals surface area contributed by atoms with Gasteiger partial charge < -0.3 is 14.6 Å². The average molecular weight is 547 g/mol. The zero-order valence-electron chi connectivity index (χ0n) is 23.4. The van der Waals surface area contributed by atoms with E-state index in [4.69, 9.17) is 4.74 Å². The maximum absolute atomic E-state index is 14.0. The van der Waals surface area contributed by atoms with E-state index >= 15 is 0 Å². The molecule has 7 heteroatoms. The van der Waals surface area contributed by atoms with E-state index in [2.05, 4.69) is 4.98 Å². The number of ether oxygens (including phenoxy) is 1. The molecular weight excluding hydrogens is 507 g/mol. The SMILES string of the molecule is CCOC(=O)c1cc2cc(CC(=O)[C@@H]3[C@H](c4ccccc4)CCN3C(=O)C3CCC([C@H](C)CF)CC3)ccc2[nH]1. The lowest BCUT2D eigenvalue weighted by molar-refractivity contribution is -0.142. The number of rotatable bonds is 9. The normalized spacial score (nSPS) is 23.7. The highest BCUT2D eigenvalue weighted by Gasteiger charge is 2.44.